The van der Waals surface area contributed by atoms with Crippen LogP contribution in [0, 0.1) is 0 Å². The molecule has 0 saturated heterocycles. The summed E-state index contributed by atoms with van der Waals surface area (Å²) >= 11 is 0. The first-order valence-corrected chi connectivity index (χ1v) is 7.97. The van der Waals surface area contributed by atoms with E-state index in [0.29, 0.717) is 6.42 Å². The van der Waals surface area contributed by atoms with Crippen molar-refractivity contribution >= 4 is 29.7 Å². The van der Waals surface area contributed by atoms with Crippen molar-refractivity contribution in [2.24, 2.45) is 27.9 Å². The highest BCUT2D eigenvalue weighted by Crippen LogP contribution is 2.03. The molecular formula is C14H27N7O5. The van der Waals surface area contributed by atoms with Gasteiger partial charge in [0.15, 0.2) is 5.96 Å². The van der Waals surface area contributed by atoms with Crippen LogP contribution in [0.2, 0.25) is 0 Å². The lowest BCUT2D eigenvalue weighted by atomic mass is 10.1. The number of aliphatic carboxylic acids is 1. The second-order valence-electron chi connectivity index (χ2n) is 5.70. The van der Waals surface area contributed by atoms with Crippen LogP contribution in [0.4, 0.5) is 0 Å². The highest BCUT2D eigenvalue weighted by Gasteiger charge is 2.27. The molecule has 0 fully saturated rings. The Morgan fingerprint density at radius 2 is 1.58 bits per heavy atom. The molecule has 0 aliphatic heterocycles. The van der Waals surface area contributed by atoms with Crippen molar-refractivity contribution in [2.75, 3.05) is 6.54 Å². The van der Waals surface area contributed by atoms with Gasteiger partial charge in [-0.1, -0.05) is 0 Å². The second kappa shape index (κ2) is 11.6. The van der Waals surface area contributed by atoms with Crippen LogP contribution in [0.15, 0.2) is 4.99 Å². The van der Waals surface area contributed by atoms with Crippen molar-refractivity contribution in [2.45, 2.75) is 50.7 Å². The number of carboxylic acid groups (broad SMARTS) is 1. The summed E-state index contributed by atoms with van der Waals surface area (Å²) in [5.41, 5.74) is 20.8. The Morgan fingerprint density at radius 3 is 2.04 bits per heavy atom. The number of carboxylic acids is 1. The summed E-state index contributed by atoms with van der Waals surface area (Å²) in [4.78, 5) is 50.0. The Labute approximate surface area is 150 Å². The largest absolute Gasteiger partial charge is 0.480 e. The lowest BCUT2D eigenvalue weighted by Gasteiger charge is -2.22. The third-order valence-electron chi connectivity index (χ3n) is 3.29. The number of nitrogens with one attached hydrogen (secondary N) is 2. The quantitative estimate of drug-likeness (QED) is 0.104. The van der Waals surface area contributed by atoms with E-state index in [4.69, 9.17) is 22.9 Å². The molecule has 0 aromatic heterocycles. The predicted octanol–water partition coefficient (Wildman–Crippen LogP) is -3.29. The molecule has 0 spiro atoms. The number of nitrogens with zero attached hydrogens (tertiary/aromatic N) is 1. The topological polar surface area (TPSA) is 229 Å². The summed E-state index contributed by atoms with van der Waals surface area (Å²) in [6, 6.07) is -3.23. The van der Waals surface area contributed by atoms with Gasteiger partial charge in [0.05, 0.1) is 6.04 Å². The van der Waals surface area contributed by atoms with Crippen LogP contribution in [0.3, 0.4) is 0 Å². The normalized spacial score (nSPS) is 13.8. The second-order valence-corrected chi connectivity index (χ2v) is 5.70. The molecule has 0 bridgehead atoms. The Kier molecular flexibility index (Phi) is 10.3. The molecule has 0 aromatic rings. The molecule has 0 aliphatic carbocycles. The van der Waals surface area contributed by atoms with Gasteiger partial charge in [0.1, 0.15) is 12.1 Å². The maximum Gasteiger partial charge on any atom is 0.326 e. The van der Waals surface area contributed by atoms with Gasteiger partial charge < -0.3 is 38.7 Å². The van der Waals surface area contributed by atoms with Crippen LogP contribution in [0.25, 0.3) is 0 Å². The summed E-state index contributed by atoms with van der Waals surface area (Å²) in [5.74, 6) is -3.41. The van der Waals surface area contributed by atoms with E-state index in [1.807, 2.05) is 0 Å². The number of nitrogens with two attached hydrogens (primary N) is 4. The molecule has 0 heterocycles. The van der Waals surface area contributed by atoms with Gasteiger partial charge in [-0.2, -0.15) is 0 Å². The number of rotatable bonds is 12. The maximum absolute atomic E-state index is 12.3. The number of hydrogen-bond acceptors (Lipinski definition) is 6. The number of carbonyl (C=O) groups excluding carboxylic acids is 3. The molecule has 0 unspecified atom stereocenters. The van der Waals surface area contributed by atoms with Crippen LogP contribution < -0.4 is 33.6 Å². The van der Waals surface area contributed by atoms with Crippen molar-refractivity contribution in [3.63, 3.8) is 0 Å². The fraction of sp³-hybridized carbons (Fsp3) is 0.643. The molecular weight excluding hydrogens is 346 g/mol. The summed E-state index contributed by atoms with van der Waals surface area (Å²) in [7, 11) is 0. The minimum absolute atomic E-state index is 0.0711. The molecule has 12 nitrogen and oxygen atoms in total. The number of guanidine groups is 1. The summed E-state index contributed by atoms with van der Waals surface area (Å²) in [6.45, 7) is 1.62. The molecule has 148 valence electrons. The zero-order valence-electron chi connectivity index (χ0n) is 14.6. The SMILES string of the molecule is C[C@H](N)C(=O)N[C@@H](CCC(N)=O)C(=O)N[C@@H](CCCN=C(N)N)C(=O)O. The van der Waals surface area contributed by atoms with Gasteiger partial charge >= 0.3 is 5.97 Å². The number of aliphatic imine (C=N–C) groups is 1. The first kappa shape index (κ1) is 23.1. The molecule has 3 amide bonds. The Balaban J connectivity index is 4.90. The summed E-state index contributed by atoms with van der Waals surface area (Å²) in [6.07, 6.45) is 0.133. The highest BCUT2D eigenvalue weighted by atomic mass is 16.4. The average Bonchev–Trinajstić information content (AvgIpc) is 2.52. The van der Waals surface area contributed by atoms with Gasteiger partial charge in [0.2, 0.25) is 17.7 Å². The average molecular weight is 373 g/mol. The molecule has 0 rings (SSSR count). The first-order valence-electron chi connectivity index (χ1n) is 7.97. The molecule has 26 heavy (non-hydrogen) atoms. The Bertz CT molecular complexity index is 546. The fourth-order valence-corrected chi connectivity index (χ4v) is 1.89. The molecule has 0 aliphatic rings. The van der Waals surface area contributed by atoms with Gasteiger partial charge in [-0.05, 0) is 26.2 Å². The van der Waals surface area contributed by atoms with Gasteiger partial charge in [-0.25, -0.2) is 4.79 Å². The third kappa shape index (κ3) is 10.1. The Morgan fingerprint density at radius 1 is 1.00 bits per heavy atom. The van der Waals surface area contributed by atoms with Gasteiger partial charge in [-0.15, -0.1) is 0 Å². The standard InChI is InChI=1S/C14H27N7O5/c1-7(15)11(23)20-8(4-5-10(16)22)12(24)21-9(13(25)26)3-2-6-19-14(17)18/h7-9H,2-6,15H2,1H3,(H2,16,22)(H,20,23)(H,21,24)(H,25,26)(H4,17,18,19)/t7-,8-,9-/m0/s1. The van der Waals surface area contributed by atoms with Crippen LogP contribution in [0.1, 0.15) is 32.6 Å². The minimum atomic E-state index is -1.25. The van der Waals surface area contributed by atoms with E-state index >= 15 is 0 Å². The highest BCUT2D eigenvalue weighted by molar-refractivity contribution is 5.92. The molecule has 3 atom stereocenters. The van der Waals surface area contributed by atoms with Crippen LogP contribution in [-0.2, 0) is 19.2 Å². The van der Waals surface area contributed by atoms with Crippen molar-refractivity contribution in [1.82, 2.24) is 10.6 Å². The van der Waals surface area contributed by atoms with E-state index in [1.54, 1.807) is 0 Å². The van der Waals surface area contributed by atoms with E-state index in [0.717, 1.165) is 0 Å². The Hall–Kier alpha value is -2.89. The van der Waals surface area contributed by atoms with Crippen LogP contribution in [0.5, 0.6) is 0 Å². The molecule has 11 N–H and O–H groups in total. The number of carbonyl (C=O) groups is 4. The first-order chi connectivity index (χ1) is 12.0. The van der Waals surface area contributed by atoms with Crippen LogP contribution >= 0.6 is 0 Å². The molecule has 0 saturated carbocycles. The van der Waals surface area contributed by atoms with Gasteiger partial charge in [0, 0.05) is 13.0 Å². The van der Waals surface area contributed by atoms with E-state index < -0.39 is 41.8 Å². The third-order valence-corrected chi connectivity index (χ3v) is 3.29. The van der Waals surface area contributed by atoms with E-state index in [9.17, 15) is 24.3 Å². The van der Waals surface area contributed by atoms with Gasteiger partial charge in [0.25, 0.3) is 0 Å². The van der Waals surface area contributed by atoms with E-state index in [1.165, 1.54) is 6.92 Å². The minimum Gasteiger partial charge on any atom is -0.480 e. The van der Waals surface area contributed by atoms with Gasteiger partial charge in [-0.3, -0.25) is 19.4 Å². The van der Waals surface area contributed by atoms with Crippen LogP contribution in [-0.4, -0.2) is 59.4 Å². The van der Waals surface area contributed by atoms with Crippen molar-refractivity contribution in [1.29, 1.82) is 0 Å². The zero-order valence-corrected chi connectivity index (χ0v) is 14.6. The number of hydrogen-bond donors (Lipinski definition) is 7. The summed E-state index contributed by atoms with van der Waals surface area (Å²) in [5, 5.41) is 13.9. The van der Waals surface area contributed by atoms with Crippen molar-refractivity contribution in [3.05, 3.63) is 0 Å². The van der Waals surface area contributed by atoms with Crippen molar-refractivity contribution < 1.29 is 24.3 Å². The van der Waals surface area contributed by atoms with E-state index in [2.05, 4.69) is 15.6 Å². The smallest absolute Gasteiger partial charge is 0.326 e. The number of amides is 3. The molecule has 0 radical (unpaired) electrons. The van der Waals surface area contributed by atoms with Crippen molar-refractivity contribution in [3.8, 4) is 0 Å². The van der Waals surface area contributed by atoms with E-state index in [-0.39, 0.29) is 31.8 Å². The monoisotopic (exact) mass is 373 g/mol. The lowest BCUT2D eigenvalue weighted by molar-refractivity contribution is -0.142. The summed E-state index contributed by atoms with van der Waals surface area (Å²) < 4.78 is 0. The molecule has 0 aromatic carbocycles. The lowest BCUT2D eigenvalue weighted by Crippen LogP contribution is -2.54. The predicted molar refractivity (Wildman–Crippen MR) is 93.5 cm³/mol. The fourth-order valence-electron chi connectivity index (χ4n) is 1.89. The zero-order chi connectivity index (χ0) is 20.3. The maximum atomic E-state index is 12.3. The molecule has 12 heteroatoms. The number of primary amides is 1.